The number of hydrogen-bond acceptors (Lipinski definition) is 5. The van der Waals surface area contributed by atoms with E-state index in [1.807, 2.05) is 30.5 Å². The molecule has 0 spiro atoms. The first-order chi connectivity index (χ1) is 12.9. The lowest BCUT2D eigenvalue weighted by Gasteiger charge is -2.08. The Morgan fingerprint density at radius 1 is 0.885 bits per heavy atom. The molecule has 0 bridgehead atoms. The van der Waals surface area contributed by atoms with Crippen molar-refractivity contribution in [1.29, 1.82) is 0 Å². The third kappa shape index (κ3) is 3.82. The largest absolute Gasteiger partial charge is 0.277 e. The quantitative estimate of drug-likeness (QED) is 0.502. The van der Waals surface area contributed by atoms with Crippen molar-refractivity contribution in [3.05, 3.63) is 85.1 Å². The highest BCUT2D eigenvalue weighted by Gasteiger charge is 2.10. The molecule has 0 aliphatic carbocycles. The molecule has 0 aliphatic rings. The van der Waals surface area contributed by atoms with Crippen molar-refractivity contribution in [3.63, 3.8) is 0 Å². The fourth-order valence-corrected chi connectivity index (χ4v) is 3.37. The minimum absolute atomic E-state index is 0.763. The first-order valence-corrected chi connectivity index (χ1v) is 9.04. The molecular formula is C20H17N5S. The molecule has 6 heteroatoms. The Morgan fingerprint density at radius 3 is 2.46 bits per heavy atom. The SMILES string of the molecule is c1cc(CNSc2ccncc2)cc(-c2[nH]ncc2-c2ccncc2)c1. The average molecular weight is 359 g/mol. The third-order valence-electron chi connectivity index (χ3n) is 3.96. The predicted molar refractivity (Wildman–Crippen MR) is 104 cm³/mol. The van der Waals surface area contributed by atoms with Gasteiger partial charge in [-0.2, -0.15) is 5.10 Å². The molecule has 0 aliphatic heterocycles. The number of pyridine rings is 2. The standard InChI is InChI=1S/C20H17N5S/c1-2-15(13-24-26-18-6-10-22-11-7-18)12-17(3-1)20-19(14-23-25-20)16-4-8-21-9-5-16/h1-12,14,24H,13H2,(H,23,25). The van der Waals surface area contributed by atoms with Crippen LogP contribution in [0.25, 0.3) is 22.4 Å². The van der Waals surface area contributed by atoms with Gasteiger partial charge in [-0.1, -0.05) is 18.2 Å². The first kappa shape index (κ1) is 16.5. The van der Waals surface area contributed by atoms with E-state index in [2.05, 4.69) is 49.2 Å². The highest BCUT2D eigenvalue weighted by molar-refractivity contribution is 7.97. The summed E-state index contributed by atoms with van der Waals surface area (Å²) in [7, 11) is 0. The second-order valence-corrected chi connectivity index (χ2v) is 6.67. The summed E-state index contributed by atoms with van der Waals surface area (Å²) < 4.78 is 3.39. The minimum atomic E-state index is 0.763. The van der Waals surface area contributed by atoms with Gasteiger partial charge in [0.15, 0.2) is 0 Å². The van der Waals surface area contributed by atoms with E-state index in [9.17, 15) is 0 Å². The van der Waals surface area contributed by atoms with Crippen molar-refractivity contribution in [1.82, 2.24) is 24.9 Å². The predicted octanol–water partition coefficient (Wildman–Crippen LogP) is 4.33. The van der Waals surface area contributed by atoms with Gasteiger partial charge in [0.2, 0.25) is 0 Å². The van der Waals surface area contributed by atoms with Crippen LogP contribution < -0.4 is 4.72 Å². The third-order valence-corrected chi connectivity index (χ3v) is 4.76. The lowest BCUT2D eigenvalue weighted by molar-refractivity contribution is 0.974. The Hall–Kier alpha value is -2.96. The maximum absolute atomic E-state index is 4.24. The molecule has 4 rings (SSSR count). The van der Waals surface area contributed by atoms with Gasteiger partial charge >= 0.3 is 0 Å². The molecule has 3 heterocycles. The van der Waals surface area contributed by atoms with Crippen LogP contribution in [0.3, 0.4) is 0 Å². The number of nitrogens with one attached hydrogen (secondary N) is 2. The van der Waals surface area contributed by atoms with Crippen molar-refractivity contribution >= 4 is 11.9 Å². The zero-order chi connectivity index (χ0) is 17.6. The van der Waals surface area contributed by atoms with E-state index in [4.69, 9.17) is 0 Å². The van der Waals surface area contributed by atoms with Gasteiger partial charge in [0, 0.05) is 47.4 Å². The van der Waals surface area contributed by atoms with Gasteiger partial charge in [0.05, 0.1) is 11.9 Å². The number of H-pyrrole nitrogens is 1. The van der Waals surface area contributed by atoms with Gasteiger partial charge in [0.1, 0.15) is 0 Å². The van der Waals surface area contributed by atoms with E-state index in [0.29, 0.717) is 0 Å². The number of hydrogen-bond donors (Lipinski definition) is 2. The number of aromatic amines is 1. The van der Waals surface area contributed by atoms with Gasteiger partial charge in [-0.05, 0) is 53.4 Å². The summed E-state index contributed by atoms with van der Waals surface area (Å²) in [6, 6.07) is 16.4. The summed E-state index contributed by atoms with van der Waals surface area (Å²) in [6.45, 7) is 0.763. The Balaban J connectivity index is 1.51. The summed E-state index contributed by atoms with van der Waals surface area (Å²) >= 11 is 1.60. The summed E-state index contributed by atoms with van der Waals surface area (Å²) in [4.78, 5) is 9.26. The first-order valence-electron chi connectivity index (χ1n) is 8.23. The van der Waals surface area contributed by atoms with Crippen molar-refractivity contribution < 1.29 is 0 Å². The van der Waals surface area contributed by atoms with Crippen LogP contribution in [0.4, 0.5) is 0 Å². The van der Waals surface area contributed by atoms with Gasteiger partial charge in [0.25, 0.3) is 0 Å². The Kier molecular flexibility index (Phi) is 5.04. The Morgan fingerprint density at radius 2 is 1.65 bits per heavy atom. The molecule has 0 atom stereocenters. The summed E-state index contributed by atoms with van der Waals surface area (Å²) in [5.74, 6) is 0. The normalized spacial score (nSPS) is 10.8. The lowest BCUT2D eigenvalue weighted by atomic mass is 10.0. The maximum Gasteiger partial charge on any atom is 0.0728 e. The van der Waals surface area contributed by atoms with Gasteiger partial charge in [-0.15, -0.1) is 0 Å². The molecule has 0 radical (unpaired) electrons. The topological polar surface area (TPSA) is 66.5 Å². The highest BCUT2D eigenvalue weighted by atomic mass is 32.2. The van der Waals surface area contributed by atoms with Gasteiger partial charge < -0.3 is 0 Å². The van der Waals surface area contributed by atoms with Gasteiger partial charge in [-0.25, -0.2) is 0 Å². The average Bonchev–Trinajstić information content (AvgIpc) is 3.20. The fourth-order valence-electron chi connectivity index (χ4n) is 2.70. The number of benzene rings is 1. The molecule has 3 aromatic heterocycles. The second kappa shape index (κ2) is 7.95. The van der Waals surface area contributed by atoms with Crippen LogP contribution in [0.15, 0.2) is 84.4 Å². The van der Waals surface area contributed by atoms with Crippen LogP contribution in [-0.2, 0) is 6.54 Å². The van der Waals surface area contributed by atoms with E-state index in [0.717, 1.165) is 33.8 Å². The van der Waals surface area contributed by atoms with Gasteiger partial charge in [-0.3, -0.25) is 19.8 Å². The molecule has 0 amide bonds. The van der Waals surface area contributed by atoms with E-state index < -0.39 is 0 Å². The highest BCUT2D eigenvalue weighted by Crippen LogP contribution is 2.30. The van der Waals surface area contributed by atoms with Crippen LogP contribution >= 0.6 is 11.9 Å². The van der Waals surface area contributed by atoms with Crippen molar-refractivity contribution in [2.45, 2.75) is 11.4 Å². The molecule has 5 nitrogen and oxygen atoms in total. The van der Waals surface area contributed by atoms with E-state index >= 15 is 0 Å². The molecule has 4 aromatic rings. The second-order valence-electron chi connectivity index (χ2n) is 5.70. The molecule has 1 aromatic carbocycles. The van der Waals surface area contributed by atoms with E-state index in [1.54, 1.807) is 36.7 Å². The van der Waals surface area contributed by atoms with E-state index in [-0.39, 0.29) is 0 Å². The zero-order valence-electron chi connectivity index (χ0n) is 14.0. The molecule has 0 saturated carbocycles. The lowest BCUT2D eigenvalue weighted by Crippen LogP contribution is -2.03. The van der Waals surface area contributed by atoms with E-state index in [1.165, 1.54) is 5.56 Å². The Bertz CT molecular complexity index is 970. The molecule has 128 valence electrons. The van der Waals surface area contributed by atoms with Crippen molar-refractivity contribution in [2.24, 2.45) is 0 Å². The summed E-state index contributed by atoms with van der Waals surface area (Å²) in [5, 5.41) is 7.36. The van der Waals surface area contributed by atoms with Crippen LogP contribution in [0.1, 0.15) is 5.56 Å². The van der Waals surface area contributed by atoms with Crippen molar-refractivity contribution in [2.75, 3.05) is 0 Å². The van der Waals surface area contributed by atoms with Crippen molar-refractivity contribution in [3.8, 4) is 22.4 Å². The van der Waals surface area contributed by atoms with Crippen LogP contribution in [0, 0.1) is 0 Å². The number of aromatic nitrogens is 4. The maximum atomic E-state index is 4.24. The minimum Gasteiger partial charge on any atom is -0.277 e. The number of rotatable bonds is 6. The molecule has 0 fully saturated rings. The smallest absolute Gasteiger partial charge is 0.0728 e. The molecule has 2 N–H and O–H groups in total. The van der Waals surface area contributed by atoms with Crippen LogP contribution in [-0.4, -0.2) is 20.2 Å². The number of nitrogens with zero attached hydrogens (tertiary/aromatic N) is 3. The summed E-state index contributed by atoms with van der Waals surface area (Å²) in [5.41, 5.74) is 5.51. The molecule has 26 heavy (non-hydrogen) atoms. The summed E-state index contributed by atoms with van der Waals surface area (Å²) in [6.07, 6.45) is 9.04. The van der Waals surface area contributed by atoms with Crippen LogP contribution in [0.2, 0.25) is 0 Å². The zero-order valence-corrected chi connectivity index (χ0v) is 14.8. The molecular weight excluding hydrogens is 342 g/mol. The Labute approximate surface area is 156 Å². The molecule has 0 unspecified atom stereocenters. The monoisotopic (exact) mass is 359 g/mol. The van der Waals surface area contributed by atoms with Crippen LogP contribution in [0.5, 0.6) is 0 Å². The fraction of sp³-hybridized carbons (Fsp3) is 0.0500. The molecule has 0 saturated heterocycles.